The number of carboxylic acids is 1. The van der Waals surface area contributed by atoms with Crippen LogP contribution in [0.1, 0.15) is 45.4 Å². The van der Waals surface area contributed by atoms with Gasteiger partial charge in [0.25, 0.3) is 0 Å². The van der Waals surface area contributed by atoms with Crippen LogP contribution in [0, 0.1) is 0 Å². The molecule has 6 heteroatoms. The fourth-order valence-corrected chi connectivity index (χ4v) is 3.14. The molecule has 1 aliphatic carbocycles. The lowest BCUT2D eigenvalue weighted by Gasteiger charge is -2.42. The Hall–Kier alpha value is -1.14. The summed E-state index contributed by atoms with van der Waals surface area (Å²) in [7, 11) is 0. The van der Waals surface area contributed by atoms with E-state index in [4.69, 9.17) is 9.84 Å². The van der Waals surface area contributed by atoms with Crippen molar-refractivity contribution >= 4 is 11.9 Å². The molecule has 0 radical (unpaired) electrons. The summed E-state index contributed by atoms with van der Waals surface area (Å²) in [6.45, 7) is 3.55. The number of rotatable bonds is 7. The molecule has 21 heavy (non-hydrogen) atoms. The van der Waals surface area contributed by atoms with E-state index in [0.717, 1.165) is 45.3 Å². The van der Waals surface area contributed by atoms with Gasteiger partial charge < -0.3 is 15.2 Å². The van der Waals surface area contributed by atoms with Crippen molar-refractivity contribution in [3.05, 3.63) is 0 Å². The van der Waals surface area contributed by atoms with Crippen LogP contribution in [-0.4, -0.2) is 59.8 Å². The Morgan fingerprint density at radius 3 is 2.67 bits per heavy atom. The minimum atomic E-state index is -0.793. The van der Waals surface area contributed by atoms with Gasteiger partial charge in [-0.3, -0.25) is 14.5 Å². The van der Waals surface area contributed by atoms with Crippen molar-refractivity contribution in [2.24, 2.45) is 0 Å². The number of ether oxygens (including phenoxy) is 1. The SMILES string of the molecule is CCN(CC(=O)O)C1CC(NC(=O)C[C@H]2CCCCO2)C1. The topological polar surface area (TPSA) is 78.9 Å². The Balaban J connectivity index is 1.64. The van der Waals surface area contributed by atoms with Crippen LogP contribution in [0.2, 0.25) is 0 Å². The second-order valence-electron chi connectivity index (χ2n) is 6.04. The molecule has 0 aromatic heterocycles. The molecule has 0 spiro atoms. The van der Waals surface area contributed by atoms with Crippen molar-refractivity contribution < 1.29 is 19.4 Å². The van der Waals surface area contributed by atoms with Crippen LogP contribution in [-0.2, 0) is 14.3 Å². The van der Waals surface area contributed by atoms with Gasteiger partial charge in [0, 0.05) is 18.7 Å². The van der Waals surface area contributed by atoms with Crippen LogP contribution in [0.4, 0.5) is 0 Å². The van der Waals surface area contributed by atoms with Gasteiger partial charge in [0.15, 0.2) is 0 Å². The summed E-state index contributed by atoms with van der Waals surface area (Å²) < 4.78 is 5.57. The van der Waals surface area contributed by atoms with E-state index in [9.17, 15) is 9.59 Å². The molecule has 2 aliphatic rings. The molecule has 6 nitrogen and oxygen atoms in total. The molecule has 1 saturated carbocycles. The summed E-state index contributed by atoms with van der Waals surface area (Å²) in [5.41, 5.74) is 0. The molecule has 1 saturated heterocycles. The highest BCUT2D eigenvalue weighted by molar-refractivity contribution is 5.77. The molecule has 2 fully saturated rings. The lowest BCUT2D eigenvalue weighted by Crippen LogP contribution is -2.55. The predicted octanol–water partition coefficient (Wildman–Crippen LogP) is 0.999. The van der Waals surface area contributed by atoms with Gasteiger partial charge in [-0.05, 0) is 38.6 Å². The van der Waals surface area contributed by atoms with Gasteiger partial charge in [0.05, 0.1) is 19.1 Å². The lowest BCUT2D eigenvalue weighted by atomic mass is 9.85. The van der Waals surface area contributed by atoms with Crippen LogP contribution in [0.15, 0.2) is 0 Å². The van der Waals surface area contributed by atoms with Crippen molar-refractivity contribution in [3.8, 4) is 0 Å². The Morgan fingerprint density at radius 1 is 1.33 bits per heavy atom. The van der Waals surface area contributed by atoms with Crippen LogP contribution in [0.3, 0.4) is 0 Å². The number of nitrogens with one attached hydrogen (secondary N) is 1. The van der Waals surface area contributed by atoms with E-state index in [0.29, 0.717) is 6.42 Å². The van der Waals surface area contributed by atoms with Crippen LogP contribution in [0.25, 0.3) is 0 Å². The zero-order chi connectivity index (χ0) is 15.2. The Morgan fingerprint density at radius 2 is 2.10 bits per heavy atom. The van der Waals surface area contributed by atoms with Crippen molar-refractivity contribution in [3.63, 3.8) is 0 Å². The summed E-state index contributed by atoms with van der Waals surface area (Å²) in [4.78, 5) is 24.7. The molecule has 0 aromatic rings. The number of likely N-dealkylation sites (N-methyl/N-ethyl adjacent to an activating group) is 1. The molecule has 2 N–H and O–H groups in total. The molecular formula is C15H26N2O4. The summed E-state index contributed by atoms with van der Waals surface area (Å²) >= 11 is 0. The molecule has 1 heterocycles. The largest absolute Gasteiger partial charge is 0.480 e. The Kier molecular flexibility index (Phi) is 5.99. The van der Waals surface area contributed by atoms with E-state index in [1.165, 1.54) is 0 Å². The normalized spacial score (nSPS) is 29.0. The average molecular weight is 298 g/mol. The number of carbonyl (C=O) groups is 2. The standard InChI is InChI=1S/C15H26N2O4/c1-2-17(10-15(19)20)12-7-11(8-12)16-14(18)9-13-5-3-4-6-21-13/h11-13H,2-10H2,1H3,(H,16,18)(H,19,20)/t11?,12?,13-/m1/s1. The Bertz CT molecular complexity index is 363. The highest BCUT2D eigenvalue weighted by atomic mass is 16.5. The molecule has 120 valence electrons. The van der Waals surface area contributed by atoms with Gasteiger partial charge in [-0.2, -0.15) is 0 Å². The van der Waals surface area contributed by atoms with Crippen molar-refractivity contribution in [2.75, 3.05) is 19.7 Å². The van der Waals surface area contributed by atoms with Gasteiger partial charge in [0.1, 0.15) is 0 Å². The second-order valence-corrected chi connectivity index (χ2v) is 6.04. The summed E-state index contributed by atoms with van der Waals surface area (Å²) in [6.07, 6.45) is 5.44. The van der Waals surface area contributed by atoms with E-state index >= 15 is 0 Å². The fourth-order valence-electron chi connectivity index (χ4n) is 3.14. The summed E-state index contributed by atoms with van der Waals surface area (Å²) in [6, 6.07) is 0.469. The first kappa shape index (κ1) is 16.2. The van der Waals surface area contributed by atoms with E-state index < -0.39 is 5.97 Å². The number of amides is 1. The summed E-state index contributed by atoms with van der Waals surface area (Å²) in [5, 5.41) is 11.9. The van der Waals surface area contributed by atoms with Crippen LogP contribution >= 0.6 is 0 Å². The van der Waals surface area contributed by atoms with Crippen molar-refractivity contribution in [1.29, 1.82) is 0 Å². The smallest absolute Gasteiger partial charge is 0.317 e. The quantitative estimate of drug-likeness (QED) is 0.733. The van der Waals surface area contributed by atoms with Crippen molar-refractivity contribution in [1.82, 2.24) is 10.2 Å². The van der Waals surface area contributed by atoms with Gasteiger partial charge in [-0.1, -0.05) is 6.92 Å². The first-order chi connectivity index (χ1) is 10.1. The van der Waals surface area contributed by atoms with Gasteiger partial charge in [-0.15, -0.1) is 0 Å². The molecule has 1 amide bonds. The number of hydrogen-bond acceptors (Lipinski definition) is 4. The highest BCUT2D eigenvalue weighted by Crippen LogP contribution is 2.26. The zero-order valence-electron chi connectivity index (χ0n) is 12.7. The Labute approximate surface area is 125 Å². The van der Waals surface area contributed by atoms with E-state index in [1.807, 2.05) is 11.8 Å². The monoisotopic (exact) mass is 298 g/mol. The van der Waals surface area contributed by atoms with E-state index in [1.54, 1.807) is 0 Å². The zero-order valence-corrected chi connectivity index (χ0v) is 12.7. The summed E-state index contributed by atoms with van der Waals surface area (Å²) in [5.74, 6) is -0.731. The lowest BCUT2D eigenvalue weighted by molar-refractivity contribution is -0.140. The van der Waals surface area contributed by atoms with Gasteiger partial charge >= 0.3 is 5.97 Å². The molecule has 1 aliphatic heterocycles. The predicted molar refractivity (Wildman–Crippen MR) is 78.0 cm³/mol. The molecule has 1 atom stereocenters. The molecule has 2 rings (SSSR count). The van der Waals surface area contributed by atoms with Crippen molar-refractivity contribution in [2.45, 2.75) is 63.6 Å². The third kappa shape index (κ3) is 4.97. The maximum absolute atomic E-state index is 11.9. The second kappa shape index (κ2) is 7.75. The number of carboxylic acid groups (broad SMARTS) is 1. The minimum absolute atomic E-state index is 0.0617. The van der Waals surface area contributed by atoms with E-state index in [-0.39, 0.29) is 30.6 Å². The van der Waals surface area contributed by atoms with E-state index in [2.05, 4.69) is 5.32 Å². The highest BCUT2D eigenvalue weighted by Gasteiger charge is 2.34. The van der Waals surface area contributed by atoms with Crippen LogP contribution in [0.5, 0.6) is 0 Å². The first-order valence-corrected chi connectivity index (χ1v) is 7.95. The molecule has 0 aromatic carbocycles. The molecule has 0 unspecified atom stereocenters. The molecular weight excluding hydrogens is 272 g/mol. The number of hydrogen-bond donors (Lipinski definition) is 2. The molecule has 0 bridgehead atoms. The number of nitrogens with zero attached hydrogens (tertiary/aromatic N) is 1. The van der Waals surface area contributed by atoms with Gasteiger partial charge in [-0.25, -0.2) is 0 Å². The maximum atomic E-state index is 11.9. The maximum Gasteiger partial charge on any atom is 0.317 e. The third-order valence-corrected chi connectivity index (χ3v) is 4.43. The number of aliphatic carboxylic acids is 1. The fraction of sp³-hybridized carbons (Fsp3) is 0.867. The average Bonchev–Trinajstić information content (AvgIpc) is 2.41. The number of carbonyl (C=O) groups excluding carboxylic acids is 1. The van der Waals surface area contributed by atoms with Gasteiger partial charge in [0.2, 0.25) is 5.91 Å². The third-order valence-electron chi connectivity index (χ3n) is 4.43. The minimum Gasteiger partial charge on any atom is -0.480 e. The van der Waals surface area contributed by atoms with Crippen LogP contribution < -0.4 is 5.32 Å². The first-order valence-electron chi connectivity index (χ1n) is 7.95.